The standard InChI is InChI=1S/C45H73NO16/c1-14-31-22-25(4)32(57-29(8)47)21-19-17-18-20-26(5)54-36(51)23-33(58-34(49)15-2)42(53-13)41(31)61-44-39(52)38(46(11)12)40(27(6)56-44)60-37-24-45(10,62-30(9)48)43(28(7)55-37)59-35(50)16-3/h17-19,21,25-28,31-33,37-44,52H,14-16,20,22-24H2,1-13H3/b18-17+,21-19+/t25-,26-,27+,28+,31+,32+,33-,37-,38-,39+,40-,41+,42+,43+,44+,45-/m1/s1. The van der Waals surface area contributed by atoms with Crippen molar-refractivity contribution in [1.29, 1.82) is 0 Å². The third kappa shape index (κ3) is 14.8. The quantitative estimate of drug-likeness (QED) is 0.196. The first-order valence-corrected chi connectivity index (χ1v) is 22.0. The Labute approximate surface area is 367 Å². The lowest BCUT2D eigenvalue weighted by Crippen LogP contribution is -2.66. The molecule has 62 heavy (non-hydrogen) atoms. The van der Waals surface area contributed by atoms with Crippen LogP contribution in [0.25, 0.3) is 0 Å². The topological polar surface area (TPSA) is 201 Å². The lowest BCUT2D eigenvalue weighted by Gasteiger charge is -2.50. The summed E-state index contributed by atoms with van der Waals surface area (Å²) in [5.41, 5.74) is -1.30. The van der Waals surface area contributed by atoms with Gasteiger partial charge in [0.05, 0.1) is 30.8 Å². The van der Waals surface area contributed by atoms with E-state index in [1.807, 2.05) is 19.9 Å². The molecule has 2 saturated heterocycles. The first-order valence-electron chi connectivity index (χ1n) is 22.0. The minimum absolute atomic E-state index is 0.00479. The van der Waals surface area contributed by atoms with Crippen LogP contribution in [0.5, 0.6) is 0 Å². The number of aliphatic hydroxyl groups is 1. The van der Waals surface area contributed by atoms with E-state index in [0.717, 1.165) is 0 Å². The number of hydrogen-bond donors (Lipinski definition) is 1. The van der Waals surface area contributed by atoms with Gasteiger partial charge in [0, 0.05) is 46.6 Å². The number of nitrogens with zero attached hydrogens (tertiary/aromatic N) is 1. The van der Waals surface area contributed by atoms with E-state index in [1.165, 1.54) is 21.0 Å². The summed E-state index contributed by atoms with van der Waals surface area (Å²) in [5, 5.41) is 12.2. The van der Waals surface area contributed by atoms with E-state index < -0.39 is 121 Å². The van der Waals surface area contributed by atoms with Crippen LogP contribution < -0.4 is 0 Å². The predicted molar refractivity (Wildman–Crippen MR) is 224 cm³/mol. The molecule has 0 bridgehead atoms. The zero-order valence-corrected chi connectivity index (χ0v) is 38.9. The van der Waals surface area contributed by atoms with Crippen molar-refractivity contribution in [3.05, 3.63) is 24.3 Å². The first kappa shape index (κ1) is 52.9. The summed E-state index contributed by atoms with van der Waals surface area (Å²) in [6, 6.07) is -0.763. The fourth-order valence-corrected chi connectivity index (χ4v) is 8.61. The minimum Gasteiger partial charge on any atom is -0.462 e. The van der Waals surface area contributed by atoms with Crippen molar-refractivity contribution in [3.63, 3.8) is 0 Å². The van der Waals surface area contributed by atoms with Crippen LogP contribution in [0.15, 0.2) is 24.3 Å². The number of cyclic esters (lactones) is 1. The molecule has 0 aromatic heterocycles. The number of hydrogen-bond acceptors (Lipinski definition) is 17. The number of ether oxygens (including phenoxy) is 10. The van der Waals surface area contributed by atoms with Crippen molar-refractivity contribution >= 4 is 29.8 Å². The number of carbonyl (C=O) groups is 5. The monoisotopic (exact) mass is 883 g/mol. The molecular weight excluding hydrogens is 810 g/mol. The number of likely N-dealkylation sites (N-methyl/N-ethyl adjacent to an activating group) is 1. The Morgan fingerprint density at radius 2 is 1.53 bits per heavy atom. The second kappa shape index (κ2) is 24.6. The molecule has 17 nitrogen and oxygen atoms in total. The molecule has 3 rings (SSSR count). The van der Waals surface area contributed by atoms with Crippen LogP contribution in [-0.4, -0.2) is 146 Å². The number of carbonyl (C=O) groups excluding carboxylic acids is 5. The summed E-state index contributed by atoms with van der Waals surface area (Å²) in [7, 11) is 4.98. The number of rotatable bonds is 13. The molecule has 0 spiro atoms. The number of allylic oxidation sites excluding steroid dienone is 2. The Morgan fingerprint density at radius 3 is 2.11 bits per heavy atom. The van der Waals surface area contributed by atoms with Gasteiger partial charge in [-0.1, -0.05) is 52.3 Å². The summed E-state index contributed by atoms with van der Waals surface area (Å²) in [5.74, 6) is -3.31. The number of aliphatic hydroxyl groups excluding tert-OH is 1. The molecule has 3 aliphatic heterocycles. The van der Waals surface area contributed by atoms with Gasteiger partial charge in [-0.25, -0.2) is 0 Å². The van der Waals surface area contributed by atoms with Crippen molar-refractivity contribution in [2.75, 3.05) is 21.2 Å². The van der Waals surface area contributed by atoms with E-state index in [2.05, 4.69) is 0 Å². The lowest BCUT2D eigenvalue weighted by atomic mass is 9.82. The summed E-state index contributed by atoms with van der Waals surface area (Å²) in [6.45, 7) is 16.7. The molecule has 0 aliphatic carbocycles. The maximum absolute atomic E-state index is 13.4. The van der Waals surface area contributed by atoms with Crippen LogP contribution in [0.3, 0.4) is 0 Å². The van der Waals surface area contributed by atoms with Gasteiger partial charge in [-0.2, -0.15) is 0 Å². The van der Waals surface area contributed by atoms with Gasteiger partial charge < -0.3 is 57.4 Å². The highest BCUT2D eigenvalue weighted by Crippen LogP contribution is 2.39. The van der Waals surface area contributed by atoms with Crippen LogP contribution in [-0.2, 0) is 71.3 Å². The van der Waals surface area contributed by atoms with Gasteiger partial charge in [0.15, 0.2) is 24.3 Å². The molecule has 0 aromatic rings. The van der Waals surface area contributed by atoms with Crippen LogP contribution in [0.2, 0.25) is 0 Å². The molecule has 354 valence electrons. The SMILES string of the molecule is CCC(=O)O[C@@H]1CC(=O)O[C@H](C)C/C=C/C=C/[C@H](OC(C)=O)[C@H](C)C[C@H](CC)[C@H](O[C@@H]2O[C@@H](C)[C@@H](O[C@@H]3C[C@@](C)(OC(C)=O)[C@@H](OC(=O)CC)[C@H](C)O3)[C@H](N(C)C)[C@@H]2O)[C@H]1OC. The number of methoxy groups -OCH3 is 1. The van der Waals surface area contributed by atoms with Crippen LogP contribution in [0.4, 0.5) is 0 Å². The van der Waals surface area contributed by atoms with Crippen LogP contribution in [0.1, 0.15) is 114 Å². The third-order valence-electron chi connectivity index (χ3n) is 11.6. The normalized spacial score (nSPS) is 38.6. The van der Waals surface area contributed by atoms with E-state index in [1.54, 1.807) is 78.8 Å². The predicted octanol–water partition coefficient (Wildman–Crippen LogP) is 4.73. The van der Waals surface area contributed by atoms with E-state index >= 15 is 0 Å². The molecule has 3 aliphatic rings. The average molecular weight is 884 g/mol. The Hall–Kier alpha value is -3.45. The van der Waals surface area contributed by atoms with E-state index in [-0.39, 0.29) is 31.6 Å². The number of esters is 5. The molecule has 0 amide bonds. The van der Waals surface area contributed by atoms with Crippen molar-refractivity contribution in [2.45, 2.75) is 199 Å². The second-order valence-electron chi connectivity index (χ2n) is 17.1. The largest absolute Gasteiger partial charge is 0.462 e. The second-order valence-corrected chi connectivity index (χ2v) is 17.1. The maximum Gasteiger partial charge on any atom is 0.309 e. The molecule has 0 aromatic carbocycles. The van der Waals surface area contributed by atoms with E-state index in [9.17, 15) is 29.1 Å². The zero-order chi connectivity index (χ0) is 46.5. The van der Waals surface area contributed by atoms with Gasteiger partial charge >= 0.3 is 29.8 Å². The fourth-order valence-electron chi connectivity index (χ4n) is 8.61. The minimum atomic E-state index is -1.36. The third-order valence-corrected chi connectivity index (χ3v) is 11.6. The molecule has 0 saturated carbocycles. The summed E-state index contributed by atoms with van der Waals surface area (Å²) in [6.07, 6.45) is -2.80. The highest BCUT2D eigenvalue weighted by atomic mass is 16.7. The van der Waals surface area contributed by atoms with Gasteiger partial charge in [0.2, 0.25) is 0 Å². The van der Waals surface area contributed by atoms with E-state index in [0.29, 0.717) is 19.3 Å². The summed E-state index contributed by atoms with van der Waals surface area (Å²) < 4.78 is 61.2. The van der Waals surface area contributed by atoms with E-state index in [4.69, 9.17) is 47.4 Å². The maximum atomic E-state index is 13.4. The van der Waals surface area contributed by atoms with Crippen molar-refractivity contribution in [1.82, 2.24) is 4.90 Å². The average Bonchev–Trinajstić information content (AvgIpc) is 3.18. The summed E-state index contributed by atoms with van der Waals surface area (Å²) in [4.78, 5) is 65.1. The Balaban J connectivity index is 2.06. The zero-order valence-electron chi connectivity index (χ0n) is 38.9. The highest BCUT2D eigenvalue weighted by Gasteiger charge is 2.54. The van der Waals surface area contributed by atoms with Crippen LogP contribution >= 0.6 is 0 Å². The van der Waals surface area contributed by atoms with Gasteiger partial charge in [-0.05, 0) is 66.1 Å². The summed E-state index contributed by atoms with van der Waals surface area (Å²) >= 11 is 0. The molecular formula is C45H73NO16. The fraction of sp³-hybridized carbons (Fsp3) is 0.800. The first-order chi connectivity index (χ1) is 29.2. The molecule has 16 atom stereocenters. The Kier molecular flexibility index (Phi) is 21.0. The molecule has 1 N–H and O–H groups in total. The van der Waals surface area contributed by atoms with Crippen molar-refractivity contribution in [2.24, 2.45) is 11.8 Å². The molecule has 2 fully saturated rings. The van der Waals surface area contributed by atoms with Gasteiger partial charge in [0.25, 0.3) is 0 Å². The molecule has 0 radical (unpaired) electrons. The Bertz CT molecular complexity index is 1540. The molecule has 0 unspecified atom stereocenters. The smallest absolute Gasteiger partial charge is 0.309 e. The van der Waals surface area contributed by atoms with Crippen LogP contribution in [0, 0.1) is 11.8 Å². The highest BCUT2D eigenvalue weighted by molar-refractivity contribution is 5.73. The van der Waals surface area contributed by atoms with Crippen molar-refractivity contribution < 1.29 is 76.4 Å². The molecule has 17 heteroatoms. The molecule has 3 heterocycles. The van der Waals surface area contributed by atoms with Gasteiger partial charge in [-0.15, -0.1) is 0 Å². The van der Waals surface area contributed by atoms with Gasteiger partial charge in [-0.3, -0.25) is 24.0 Å². The lowest BCUT2D eigenvalue weighted by molar-refractivity contribution is -0.344. The Morgan fingerprint density at radius 1 is 0.871 bits per heavy atom. The van der Waals surface area contributed by atoms with Gasteiger partial charge in [0.1, 0.15) is 36.6 Å². The van der Waals surface area contributed by atoms with Crippen molar-refractivity contribution in [3.8, 4) is 0 Å².